The molecule has 1 rings (SSSR count). The molecule has 6 heteroatoms. The van der Waals surface area contributed by atoms with Crippen LogP contribution >= 0.6 is 11.6 Å². The SMILES string of the molecule is CCN(C)C(=O)C(C)Nc1cc(C)nc(Cl)n1. The maximum absolute atomic E-state index is 11.8. The summed E-state index contributed by atoms with van der Waals surface area (Å²) >= 11 is 5.75. The number of aromatic nitrogens is 2. The van der Waals surface area contributed by atoms with Crippen molar-refractivity contribution in [3.63, 3.8) is 0 Å². The van der Waals surface area contributed by atoms with Crippen LogP contribution in [0.1, 0.15) is 19.5 Å². The number of hydrogen-bond acceptors (Lipinski definition) is 4. The summed E-state index contributed by atoms with van der Waals surface area (Å²) in [5.41, 5.74) is 0.760. The van der Waals surface area contributed by atoms with Crippen molar-refractivity contribution in [3.8, 4) is 0 Å². The Morgan fingerprint density at radius 3 is 2.76 bits per heavy atom. The van der Waals surface area contributed by atoms with Crippen molar-refractivity contribution in [2.75, 3.05) is 18.9 Å². The minimum Gasteiger partial charge on any atom is -0.358 e. The van der Waals surface area contributed by atoms with E-state index in [2.05, 4.69) is 15.3 Å². The smallest absolute Gasteiger partial charge is 0.244 e. The van der Waals surface area contributed by atoms with Crippen LogP contribution in [0.2, 0.25) is 5.28 Å². The van der Waals surface area contributed by atoms with Gasteiger partial charge in [-0.05, 0) is 32.4 Å². The van der Waals surface area contributed by atoms with Crippen LogP contribution in [0, 0.1) is 6.92 Å². The van der Waals surface area contributed by atoms with Gasteiger partial charge in [0.2, 0.25) is 11.2 Å². The summed E-state index contributed by atoms with van der Waals surface area (Å²) in [5, 5.41) is 3.19. The molecule has 1 atom stereocenters. The first kappa shape index (κ1) is 13.7. The number of carbonyl (C=O) groups excluding carboxylic acids is 1. The number of nitrogens with zero attached hydrogens (tertiary/aromatic N) is 3. The van der Waals surface area contributed by atoms with E-state index in [-0.39, 0.29) is 17.2 Å². The summed E-state index contributed by atoms with van der Waals surface area (Å²) in [7, 11) is 1.76. The Morgan fingerprint density at radius 2 is 2.24 bits per heavy atom. The van der Waals surface area contributed by atoms with Crippen LogP contribution in [0.4, 0.5) is 5.82 Å². The number of halogens is 1. The molecule has 1 amide bonds. The van der Waals surface area contributed by atoms with E-state index in [1.165, 1.54) is 0 Å². The summed E-state index contributed by atoms with van der Waals surface area (Å²) in [6, 6.07) is 1.41. The summed E-state index contributed by atoms with van der Waals surface area (Å²) in [4.78, 5) is 21.5. The van der Waals surface area contributed by atoms with Crippen molar-refractivity contribution < 1.29 is 4.79 Å². The summed E-state index contributed by atoms with van der Waals surface area (Å²) in [6.07, 6.45) is 0. The lowest BCUT2D eigenvalue weighted by atomic mass is 10.3. The second-order valence-electron chi connectivity index (χ2n) is 3.88. The molecule has 1 aromatic heterocycles. The van der Waals surface area contributed by atoms with Crippen molar-refractivity contribution in [1.82, 2.24) is 14.9 Å². The number of rotatable bonds is 4. The van der Waals surface area contributed by atoms with Gasteiger partial charge in [-0.15, -0.1) is 0 Å². The lowest BCUT2D eigenvalue weighted by molar-refractivity contribution is -0.130. The first-order chi connectivity index (χ1) is 7.93. The lowest BCUT2D eigenvalue weighted by Crippen LogP contribution is -2.39. The molecule has 17 heavy (non-hydrogen) atoms. The first-order valence-corrected chi connectivity index (χ1v) is 5.84. The molecule has 0 fully saturated rings. The molecule has 94 valence electrons. The maximum Gasteiger partial charge on any atom is 0.244 e. The number of amides is 1. The highest BCUT2D eigenvalue weighted by atomic mass is 35.5. The molecular weight excluding hydrogens is 240 g/mol. The first-order valence-electron chi connectivity index (χ1n) is 5.46. The second kappa shape index (κ2) is 5.82. The fourth-order valence-corrected chi connectivity index (χ4v) is 1.60. The Kier molecular flexibility index (Phi) is 4.69. The molecule has 0 aromatic carbocycles. The normalized spacial score (nSPS) is 12.1. The fraction of sp³-hybridized carbons (Fsp3) is 0.545. The van der Waals surface area contributed by atoms with Crippen LogP contribution in [0.25, 0.3) is 0 Å². The van der Waals surface area contributed by atoms with E-state index in [1.54, 1.807) is 24.9 Å². The summed E-state index contributed by atoms with van der Waals surface area (Å²) in [6.45, 7) is 6.22. The topological polar surface area (TPSA) is 58.1 Å². The molecule has 0 bridgehead atoms. The van der Waals surface area contributed by atoms with Gasteiger partial charge in [-0.25, -0.2) is 9.97 Å². The lowest BCUT2D eigenvalue weighted by Gasteiger charge is -2.20. The second-order valence-corrected chi connectivity index (χ2v) is 4.22. The standard InChI is InChI=1S/C11H17ClN4O/c1-5-16(4)10(17)8(3)14-9-6-7(2)13-11(12)15-9/h6,8H,5H2,1-4H3,(H,13,14,15). The number of likely N-dealkylation sites (N-methyl/N-ethyl adjacent to an activating group) is 1. The molecule has 1 aromatic rings. The van der Waals surface area contributed by atoms with Crippen LogP contribution < -0.4 is 5.32 Å². The average Bonchev–Trinajstić information content (AvgIpc) is 2.25. The van der Waals surface area contributed by atoms with Crippen molar-refractivity contribution in [2.45, 2.75) is 26.8 Å². The fourth-order valence-electron chi connectivity index (χ4n) is 1.38. The predicted octanol–water partition coefficient (Wildman–Crippen LogP) is 1.72. The molecule has 0 saturated heterocycles. The van der Waals surface area contributed by atoms with E-state index in [1.807, 2.05) is 13.8 Å². The highest BCUT2D eigenvalue weighted by Crippen LogP contribution is 2.11. The van der Waals surface area contributed by atoms with Gasteiger partial charge in [0, 0.05) is 25.4 Å². The number of carbonyl (C=O) groups is 1. The molecule has 1 unspecified atom stereocenters. The van der Waals surface area contributed by atoms with E-state index >= 15 is 0 Å². The van der Waals surface area contributed by atoms with E-state index in [0.29, 0.717) is 12.4 Å². The van der Waals surface area contributed by atoms with Gasteiger partial charge in [0.05, 0.1) is 0 Å². The van der Waals surface area contributed by atoms with Gasteiger partial charge < -0.3 is 10.2 Å². The highest BCUT2D eigenvalue weighted by Gasteiger charge is 2.16. The zero-order chi connectivity index (χ0) is 13.0. The number of hydrogen-bond donors (Lipinski definition) is 1. The molecule has 0 spiro atoms. The van der Waals surface area contributed by atoms with Gasteiger partial charge in [0.15, 0.2) is 0 Å². The van der Waals surface area contributed by atoms with Crippen molar-refractivity contribution in [2.24, 2.45) is 0 Å². The third-order valence-corrected chi connectivity index (χ3v) is 2.58. The van der Waals surface area contributed by atoms with Gasteiger partial charge in [-0.2, -0.15) is 0 Å². The van der Waals surface area contributed by atoms with Crippen molar-refractivity contribution in [3.05, 3.63) is 17.0 Å². The molecule has 0 aliphatic rings. The number of anilines is 1. The summed E-state index contributed by atoms with van der Waals surface area (Å²) < 4.78 is 0. The Labute approximate surface area is 106 Å². The van der Waals surface area contributed by atoms with E-state index < -0.39 is 0 Å². The van der Waals surface area contributed by atoms with E-state index in [0.717, 1.165) is 5.69 Å². The van der Waals surface area contributed by atoms with Crippen molar-refractivity contribution >= 4 is 23.3 Å². The van der Waals surface area contributed by atoms with E-state index in [9.17, 15) is 4.79 Å². The maximum atomic E-state index is 11.8. The summed E-state index contributed by atoms with van der Waals surface area (Å²) in [5.74, 6) is 0.577. The van der Waals surface area contributed by atoms with Gasteiger partial charge >= 0.3 is 0 Å². The Hall–Kier alpha value is -1.36. The average molecular weight is 257 g/mol. The van der Waals surface area contributed by atoms with Crippen molar-refractivity contribution in [1.29, 1.82) is 0 Å². The zero-order valence-corrected chi connectivity index (χ0v) is 11.2. The largest absolute Gasteiger partial charge is 0.358 e. The number of nitrogens with one attached hydrogen (secondary N) is 1. The monoisotopic (exact) mass is 256 g/mol. The molecule has 1 N–H and O–H groups in total. The van der Waals surface area contributed by atoms with Crippen LogP contribution in [0.3, 0.4) is 0 Å². The molecule has 5 nitrogen and oxygen atoms in total. The Morgan fingerprint density at radius 1 is 1.59 bits per heavy atom. The van der Waals surface area contributed by atoms with Crippen LogP contribution in [0.15, 0.2) is 6.07 Å². The number of aryl methyl sites for hydroxylation is 1. The zero-order valence-electron chi connectivity index (χ0n) is 10.5. The highest BCUT2D eigenvalue weighted by molar-refractivity contribution is 6.28. The van der Waals surface area contributed by atoms with E-state index in [4.69, 9.17) is 11.6 Å². The van der Waals surface area contributed by atoms with Gasteiger partial charge in [-0.1, -0.05) is 0 Å². The van der Waals surface area contributed by atoms with Gasteiger partial charge in [0.1, 0.15) is 11.9 Å². The Balaban J connectivity index is 2.74. The third-order valence-electron chi connectivity index (χ3n) is 2.41. The van der Waals surface area contributed by atoms with Gasteiger partial charge in [-0.3, -0.25) is 4.79 Å². The third kappa shape index (κ3) is 3.85. The molecule has 0 saturated carbocycles. The minimum atomic E-state index is -0.342. The molecular formula is C11H17ClN4O. The van der Waals surface area contributed by atoms with Crippen LogP contribution in [0.5, 0.6) is 0 Å². The predicted molar refractivity (Wildman–Crippen MR) is 68.2 cm³/mol. The molecule has 1 heterocycles. The molecule has 0 aliphatic carbocycles. The Bertz CT molecular complexity index is 390. The quantitative estimate of drug-likeness (QED) is 0.834. The van der Waals surface area contributed by atoms with Gasteiger partial charge in [0.25, 0.3) is 0 Å². The molecule has 0 radical (unpaired) electrons. The van der Waals surface area contributed by atoms with Crippen LogP contribution in [-0.2, 0) is 4.79 Å². The van der Waals surface area contributed by atoms with Crippen LogP contribution in [-0.4, -0.2) is 40.4 Å². The minimum absolute atomic E-state index is 0.0138. The molecule has 0 aliphatic heterocycles.